The fraction of sp³-hybridized carbons (Fsp3) is 0.389. The van der Waals surface area contributed by atoms with Crippen LogP contribution >= 0.6 is 12.2 Å². The largest absolute Gasteiger partial charge is 0.378 e. The molecule has 0 aromatic heterocycles. The first-order valence-corrected chi connectivity index (χ1v) is 8.40. The monoisotopic (exact) mass is 345 g/mol. The lowest BCUT2D eigenvalue weighted by Gasteiger charge is -2.35. The number of hydrogen-bond acceptors (Lipinski definition) is 4. The van der Waals surface area contributed by atoms with E-state index in [2.05, 4.69) is 0 Å². The Hall–Kier alpha value is -2.21. The summed E-state index contributed by atoms with van der Waals surface area (Å²) < 4.78 is 0. The molecule has 0 aliphatic carbocycles. The standard InChI is InChI=1S/C18H23N3O2S/c1-6-20-16(22)15(17(23)21(7-2)18(20)24)11-13-8-9-14(19(4)5)10-12(13)3/h8-11H,6-7H2,1-5H3. The zero-order chi connectivity index (χ0) is 18.0. The predicted molar refractivity (Wildman–Crippen MR) is 101 cm³/mol. The van der Waals surface area contributed by atoms with Crippen molar-refractivity contribution in [2.24, 2.45) is 0 Å². The smallest absolute Gasteiger partial charge is 0.265 e. The van der Waals surface area contributed by atoms with E-state index in [1.807, 2.05) is 58.0 Å². The average molecular weight is 345 g/mol. The molecule has 128 valence electrons. The summed E-state index contributed by atoms with van der Waals surface area (Å²) in [4.78, 5) is 30.2. The highest BCUT2D eigenvalue weighted by molar-refractivity contribution is 7.80. The van der Waals surface area contributed by atoms with Crippen molar-refractivity contribution < 1.29 is 9.59 Å². The summed E-state index contributed by atoms with van der Waals surface area (Å²) in [6, 6.07) is 5.93. The zero-order valence-electron chi connectivity index (χ0n) is 14.8. The molecule has 0 N–H and O–H groups in total. The Bertz CT molecular complexity index is 697. The molecular weight excluding hydrogens is 322 g/mol. The van der Waals surface area contributed by atoms with E-state index in [0.29, 0.717) is 13.1 Å². The maximum atomic E-state index is 12.6. The minimum absolute atomic E-state index is 0.160. The number of nitrogens with zero attached hydrogens (tertiary/aromatic N) is 3. The number of anilines is 1. The van der Waals surface area contributed by atoms with Gasteiger partial charge < -0.3 is 4.90 Å². The van der Waals surface area contributed by atoms with Gasteiger partial charge in [0, 0.05) is 32.9 Å². The molecule has 1 heterocycles. The Morgan fingerprint density at radius 2 is 1.62 bits per heavy atom. The maximum absolute atomic E-state index is 12.6. The fourth-order valence-electron chi connectivity index (χ4n) is 2.64. The second kappa shape index (κ2) is 7.13. The molecule has 1 aliphatic rings. The van der Waals surface area contributed by atoms with Crippen LogP contribution in [0.2, 0.25) is 0 Å². The number of hydrogen-bond donors (Lipinski definition) is 0. The molecule has 1 aromatic carbocycles. The van der Waals surface area contributed by atoms with Gasteiger partial charge in [-0.15, -0.1) is 0 Å². The van der Waals surface area contributed by atoms with Gasteiger partial charge in [0.15, 0.2) is 5.11 Å². The minimum Gasteiger partial charge on any atom is -0.378 e. The molecular formula is C18H23N3O2S. The predicted octanol–water partition coefficient (Wildman–Crippen LogP) is 2.44. The van der Waals surface area contributed by atoms with E-state index in [-0.39, 0.29) is 22.5 Å². The molecule has 0 radical (unpaired) electrons. The Kier molecular flexibility index (Phi) is 5.39. The van der Waals surface area contributed by atoms with Crippen LogP contribution in [0.25, 0.3) is 6.08 Å². The van der Waals surface area contributed by atoms with Gasteiger partial charge in [0.2, 0.25) is 0 Å². The van der Waals surface area contributed by atoms with Crippen LogP contribution in [0.15, 0.2) is 23.8 Å². The number of carbonyl (C=O) groups is 2. The first-order valence-electron chi connectivity index (χ1n) is 7.99. The zero-order valence-corrected chi connectivity index (χ0v) is 15.6. The van der Waals surface area contributed by atoms with E-state index in [9.17, 15) is 9.59 Å². The van der Waals surface area contributed by atoms with E-state index in [0.717, 1.165) is 16.8 Å². The van der Waals surface area contributed by atoms with E-state index in [4.69, 9.17) is 12.2 Å². The summed E-state index contributed by atoms with van der Waals surface area (Å²) in [5.74, 6) is -0.651. The number of amides is 2. The molecule has 5 nitrogen and oxygen atoms in total. The Morgan fingerprint density at radius 3 is 2.04 bits per heavy atom. The van der Waals surface area contributed by atoms with Crippen LogP contribution in [0.1, 0.15) is 25.0 Å². The summed E-state index contributed by atoms with van der Waals surface area (Å²) in [6.07, 6.45) is 1.67. The first kappa shape index (κ1) is 18.1. The van der Waals surface area contributed by atoms with Crippen LogP contribution in [-0.4, -0.2) is 53.9 Å². The SMILES string of the molecule is CCN1C(=O)C(=Cc2ccc(N(C)C)cc2C)C(=O)N(CC)C1=S. The van der Waals surface area contributed by atoms with Gasteiger partial charge in [-0.2, -0.15) is 0 Å². The minimum atomic E-state index is -0.326. The van der Waals surface area contributed by atoms with Gasteiger partial charge >= 0.3 is 0 Å². The van der Waals surface area contributed by atoms with E-state index in [1.165, 1.54) is 9.80 Å². The van der Waals surface area contributed by atoms with Crippen LogP contribution in [0.3, 0.4) is 0 Å². The van der Waals surface area contributed by atoms with Crippen LogP contribution in [0.4, 0.5) is 5.69 Å². The highest BCUT2D eigenvalue weighted by Crippen LogP contribution is 2.23. The third kappa shape index (κ3) is 3.19. The Balaban J connectivity index is 2.48. The molecule has 24 heavy (non-hydrogen) atoms. The second-order valence-electron chi connectivity index (χ2n) is 5.87. The maximum Gasteiger partial charge on any atom is 0.265 e. The lowest BCUT2D eigenvalue weighted by Crippen LogP contribution is -2.55. The van der Waals surface area contributed by atoms with Crippen molar-refractivity contribution in [3.63, 3.8) is 0 Å². The summed E-state index contributed by atoms with van der Waals surface area (Å²) in [5, 5.41) is 0.284. The third-order valence-electron chi connectivity index (χ3n) is 4.12. The van der Waals surface area contributed by atoms with Gasteiger partial charge in [0.05, 0.1) is 0 Å². The molecule has 0 saturated carbocycles. The van der Waals surface area contributed by atoms with Crippen molar-refractivity contribution in [1.82, 2.24) is 9.80 Å². The number of carbonyl (C=O) groups excluding carboxylic acids is 2. The number of aryl methyl sites for hydroxylation is 1. The average Bonchev–Trinajstić information content (AvgIpc) is 2.53. The van der Waals surface area contributed by atoms with Gasteiger partial charge in [0.1, 0.15) is 5.57 Å². The Morgan fingerprint density at radius 1 is 1.08 bits per heavy atom. The van der Waals surface area contributed by atoms with Gasteiger partial charge in [0.25, 0.3) is 11.8 Å². The molecule has 1 saturated heterocycles. The lowest BCUT2D eigenvalue weighted by molar-refractivity contribution is -0.133. The van der Waals surface area contributed by atoms with Crippen LogP contribution in [0.5, 0.6) is 0 Å². The summed E-state index contributed by atoms with van der Waals surface area (Å²) >= 11 is 5.27. The van der Waals surface area contributed by atoms with E-state index >= 15 is 0 Å². The van der Waals surface area contributed by atoms with Crippen molar-refractivity contribution >= 4 is 40.9 Å². The molecule has 0 bridgehead atoms. The number of benzene rings is 1. The topological polar surface area (TPSA) is 43.9 Å². The molecule has 1 aliphatic heterocycles. The Labute approximate surface area is 148 Å². The molecule has 0 spiro atoms. The van der Waals surface area contributed by atoms with Crippen molar-refractivity contribution in [3.8, 4) is 0 Å². The third-order valence-corrected chi connectivity index (χ3v) is 4.56. The van der Waals surface area contributed by atoms with Crippen LogP contribution < -0.4 is 4.90 Å². The molecule has 2 rings (SSSR count). The quantitative estimate of drug-likeness (QED) is 0.478. The molecule has 2 amide bonds. The van der Waals surface area contributed by atoms with Crippen molar-refractivity contribution in [1.29, 1.82) is 0 Å². The highest BCUT2D eigenvalue weighted by atomic mass is 32.1. The number of rotatable bonds is 4. The van der Waals surface area contributed by atoms with Crippen molar-refractivity contribution in [2.75, 3.05) is 32.1 Å². The fourth-order valence-corrected chi connectivity index (χ4v) is 3.06. The number of thiocarbonyl (C=S) groups is 1. The van der Waals surface area contributed by atoms with Gasteiger partial charge in [-0.25, -0.2) is 0 Å². The molecule has 0 atom stereocenters. The van der Waals surface area contributed by atoms with Crippen molar-refractivity contribution in [3.05, 3.63) is 34.9 Å². The van der Waals surface area contributed by atoms with E-state index in [1.54, 1.807) is 6.08 Å². The van der Waals surface area contributed by atoms with Crippen LogP contribution in [0, 0.1) is 6.92 Å². The van der Waals surface area contributed by atoms with E-state index < -0.39 is 0 Å². The first-order chi connectivity index (χ1) is 11.3. The molecule has 1 fully saturated rings. The van der Waals surface area contributed by atoms with Gasteiger partial charge in [-0.05, 0) is 62.3 Å². The van der Waals surface area contributed by atoms with Crippen LogP contribution in [-0.2, 0) is 9.59 Å². The molecule has 0 unspecified atom stereocenters. The van der Waals surface area contributed by atoms with Crippen molar-refractivity contribution in [2.45, 2.75) is 20.8 Å². The molecule has 1 aromatic rings. The summed E-state index contributed by atoms with van der Waals surface area (Å²) in [6.45, 7) is 6.55. The lowest BCUT2D eigenvalue weighted by atomic mass is 10.0. The highest BCUT2D eigenvalue weighted by Gasteiger charge is 2.37. The summed E-state index contributed by atoms with van der Waals surface area (Å²) in [7, 11) is 3.95. The summed E-state index contributed by atoms with van der Waals surface area (Å²) in [5.41, 5.74) is 3.10. The molecule has 6 heteroatoms. The normalized spacial score (nSPS) is 15.2. The second-order valence-corrected chi connectivity index (χ2v) is 6.24. The van der Waals surface area contributed by atoms with Gasteiger partial charge in [-0.3, -0.25) is 19.4 Å². The van der Waals surface area contributed by atoms with Gasteiger partial charge in [-0.1, -0.05) is 6.07 Å². The number of likely N-dealkylation sites (N-methyl/N-ethyl adjacent to an activating group) is 2.